The molecule has 1 saturated carbocycles. The summed E-state index contributed by atoms with van der Waals surface area (Å²) in [7, 11) is 1.34. The van der Waals surface area contributed by atoms with Crippen molar-refractivity contribution in [3.05, 3.63) is 35.2 Å². The minimum atomic E-state index is -0.932. The van der Waals surface area contributed by atoms with Crippen molar-refractivity contribution in [2.45, 2.75) is 49.0 Å². The normalized spacial score (nSPS) is 20.9. The van der Waals surface area contributed by atoms with Crippen LogP contribution in [0.1, 0.15) is 43.6 Å². The lowest BCUT2D eigenvalue weighted by Crippen LogP contribution is -2.01. The maximum Gasteiger partial charge on any atom is 0.276 e. The van der Waals surface area contributed by atoms with Crippen LogP contribution in [0.5, 0.6) is 5.75 Å². The van der Waals surface area contributed by atoms with E-state index in [1.54, 1.807) is 17.8 Å². The monoisotopic (exact) mass is 340 g/mol. The van der Waals surface area contributed by atoms with Crippen molar-refractivity contribution in [1.29, 1.82) is 0 Å². The van der Waals surface area contributed by atoms with Gasteiger partial charge in [0.15, 0.2) is 11.6 Å². The molecule has 2 atom stereocenters. The minimum absolute atomic E-state index is 0.0411. The van der Waals surface area contributed by atoms with Gasteiger partial charge in [-0.05, 0) is 42.9 Å². The van der Waals surface area contributed by atoms with Crippen LogP contribution in [-0.4, -0.2) is 22.6 Å². The zero-order valence-electron chi connectivity index (χ0n) is 13.0. The first-order valence-corrected chi connectivity index (χ1v) is 8.50. The van der Waals surface area contributed by atoms with E-state index in [1.807, 2.05) is 6.92 Å². The van der Waals surface area contributed by atoms with Crippen LogP contribution in [-0.2, 0) is 6.42 Å². The third-order valence-electron chi connectivity index (χ3n) is 4.11. The zero-order chi connectivity index (χ0) is 16.4. The van der Waals surface area contributed by atoms with E-state index < -0.39 is 11.6 Å². The van der Waals surface area contributed by atoms with Gasteiger partial charge in [-0.1, -0.05) is 18.7 Å². The largest absolute Gasteiger partial charge is 0.494 e. The first-order chi connectivity index (χ1) is 11.1. The van der Waals surface area contributed by atoms with Crippen LogP contribution in [0, 0.1) is 11.6 Å². The Kier molecular flexibility index (Phi) is 4.84. The minimum Gasteiger partial charge on any atom is -0.494 e. The number of nitrogens with zero attached hydrogens (tertiary/aromatic N) is 2. The molecule has 1 aliphatic rings. The number of thioether (sulfide) groups is 1. The van der Waals surface area contributed by atoms with Crippen LogP contribution in [0.4, 0.5) is 8.78 Å². The third-order valence-corrected chi connectivity index (χ3v) is 5.24. The molecule has 0 aliphatic heterocycles. The Bertz CT molecular complexity index is 693. The second-order valence-corrected chi connectivity index (χ2v) is 6.84. The summed E-state index contributed by atoms with van der Waals surface area (Å²) in [6, 6.07) is 2.87. The predicted octanol–water partition coefficient (Wildman–Crippen LogP) is 4.35. The molecule has 2 unspecified atom stereocenters. The van der Waals surface area contributed by atoms with Crippen LogP contribution in [0.25, 0.3) is 0 Å². The molecule has 1 fully saturated rings. The standard InChI is InChI=1S/C16H18F2N2O2S/c1-3-14-19-20-16(22-14)23-11-5-4-9(6-11)10-7-12(17)15(18)13(8-10)21-2/h7-9,11H,3-6H2,1-2H3. The molecule has 0 amide bonds. The highest BCUT2D eigenvalue weighted by Gasteiger charge is 2.29. The zero-order valence-corrected chi connectivity index (χ0v) is 13.8. The van der Waals surface area contributed by atoms with Gasteiger partial charge in [-0.25, -0.2) is 4.39 Å². The second-order valence-electron chi connectivity index (χ2n) is 5.58. The molecule has 0 radical (unpaired) electrons. The smallest absolute Gasteiger partial charge is 0.276 e. The number of benzene rings is 1. The van der Waals surface area contributed by atoms with Crippen molar-refractivity contribution in [2.75, 3.05) is 7.11 Å². The molecule has 23 heavy (non-hydrogen) atoms. The molecule has 0 bridgehead atoms. The first kappa shape index (κ1) is 16.2. The molecular formula is C16H18F2N2O2S. The Morgan fingerprint density at radius 3 is 2.83 bits per heavy atom. The van der Waals surface area contributed by atoms with E-state index in [-0.39, 0.29) is 11.7 Å². The third kappa shape index (κ3) is 3.49. The first-order valence-electron chi connectivity index (χ1n) is 7.62. The van der Waals surface area contributed by atoms with E-state index in [1.165, 1.54) is 13.2 Å². The number of aromatic nitrogens is 2. The molecular weight excluding hydrogens is 322 g/mol. The fraction of sp³-hybridized carbons (Fsp3) is 0.500. The molecule has 1 aromatic carbocycles. The molecule has 4 nitrogen and oxygen atoms in total. The highest BCUT2D eigenvalue weighted by molar-refractivity contribution is 7.99. The van der Waals surface area contributed by atoms with Gasteiger partial charge in [-0.15, -0.1) is 10.2 Å². The Labute approximate surface area is 137 Å². The van der Waals surface area contributed by atoms with Crippen molar-refractivity contribution in [3.63, 3.8) is 0 Å². The molecule has 0 spiro atoms. The van der Waals surface area contributed by atoms with Crippen molar-refractivity contribution < 1.29 is 17.9 Å². The van der Waals surface area contributed by atoms with Crippen molar-refractivity contribution >= 4 is 11.8 Å². The summed E-state index contributed by atoms with van der Waals surface area (Å²) in [5.41, 5.74) is 0.781. The molecule has 1 aromatic heterocycles. The Morgan fingerprint density at radius 2 is 2.13 bits per heavy atom. The summed E-state index contributed by atoms with van der Waals surface area (Å²) in [4.78, 5) is 0. The second kappa shape index (κ2) is 6.86. The molecule has 2 aromatic rings. The number of methoxy groups -OCH3 is 1. The number of aryl methyl sites for hydroxylation is 1. The van der Waals surface area contributed by atoms with E-state index in [9.17, 15) is 8.78 Å². The molecule has 3 rings (SSSR count). The molecule has 0 N–H and O–H groups in total. The SMILES string of the molecule is CCc1nnc(SC2CCC(c3cc(F)c(F)c(OC)c3)C2)o1. The summed E-state index contributed by atoms with van der Waals surface area (Å²) >= 11 is 1.56. The lowest BCUT2D eigenvalue weighted by atomic mass is 9.97. The fourth-order valence-corrected chi connectivity index (χ4v) is 3.99. The van der Waals surface area contributed by atoms with E-state index in [0.717, 1.165) is 31.2 Å². The topological polar surface area (TPSA) is 48.2 Å². The summed E-state index contributed by atoms with van der Waals surface area (Å²) in [6.07, 6.45) is 3.47. The lowest BCUT2D eigenvalue weighted by Gasteiger charge is -2.13. The summed E-state index contributed by atoms with van der Waals surface area (Å²) in [5.74, 6) is -1.02. The van der Waals surface area contributed by atoms with Crippen LogP contribution in [0.2, 0.25) is 0 Å². The summed E-state index contributed by atoms with van der Waals surface area (Å²) < 4.78 is 37.6. The van der Waals surface area contributed by atoms with Crippen molar-refractivity contribution in [1.82, 2.24) is 10.2 Å². The van der Waals surface area contributed by atoms with Gasteiger partial charge >= 0.3 is 0 Å². The molecule has 0 saturated heterocycles. The Balaban J connectivity index is 1.68. The van der Waals surface area contributed by atoms with Gasteiger partial charge in [0.25, 0.3) is 5.22 Å². The molecule has 1 heterocycles. The fourth-order valence-electron chi connectivity index (χ4n) is 2.89. The number of ether oxygens (including phenoxy) is 1. The number of hydrogen-bond donors (Lipinski definition) is 0. The van der Waals surface area contributed by atoms with Gasteiger partial charge in [-0.3, -0.25) is 0 Å². The number of halogens is 2. The average molecular weight is 340 g/mol. The van der Waals surface area contributed by atoms with Crippen LogP contribution in [0.3, 0.4) is 0 Å². The van der Waals surface area contributed by atoms with E-state index >= 15 is 0 Å². The maximum atomic E-state index is 13.7. The highest BCUT2D eigenvalue weighted by Crippen LogP contribution is 2.43. The van der Waals surface area contributed by atoms with Gasteiger partial charge in [0, 0.05) is 11.7 Å². The van der Waals surface area contributed by atoms with E-state index in [0.29, 0.717) is 16.4 Å². The van der Waals surface area contributed by atoms with Crippen LogP contribution >= 0.6 is 11.8 Å². The Morgan fingerprint density at radius 1 is 1.30 bits per heavy atom. The number of rotatable bonds is 5. The average Bonchev–Trinajstić information content (AvgIpc) is 3.19. The molecule has 124 valence electrons. The molecule has 1 aliphatic carbocycles. The predicted molar refractivity (Wildman–Crippen MR) is 82.8 cm³/mol. The van der Waals surface area contributed by atoms with Gasteiger partial charge in [0.2, 0.25) is 11.7 Å². The van der Waals surface area contributed by atoms with Gasteiger partial charge in [0.05, 0.1) is 7.11 Å². The Hall–Kier alpha value is -1.63. The van der Waals surface area contributed by atoms with Crippen LogP contribution < -0.4 is 4.74 Å². The van der Waals surface area contributed by atoms with Crippen molar-refractivity contribution in [3.8, 4) is 5.75 Å². The quantitative estimate of drug-likeness (QED) is 0.810. The number of hydrogen-bond acceptors (Lipinski definition) is 5. The lowest BCUT2D eigenvalue weighted by molar-refractivity contribution is 0.370. The highest BCUT2D eigenvalue weighted by atomic mass is 32.2. The van der Waals surface area contributed by atoms with E-state index in [2.05, 4.69) is 10.2 Å². The van der Waals surface area contributed by atoms with E-state index in [4.69, 9.17) is 9.15 Å². The van der Waals surface area contributed by atoms with Gasteiger partial charge < -0.3 is 9.15 Å². The van der Waals surface area contributed by atoms with Gasteiger partial charge in [0.1, 0.15) is 0 Å². The van der Waals surface area contributed by atoms with Crippen molar-refractivity contribution in [2.24, 2.45) is 0 Å². The maximum absolute atomic E-state index is 13.7. The van der Waals surface area contributed by atoms with Gasteiger partial charge in [-0.2, -0.15) is 4.39 Å². The van der Waals surface area contributed by atoms with Crippen LogP contribution in [0.15, 0.2) is 21.8 Å². The molecule has 7 heteroatoms. The summed E-state index contributed by atoms with van der Waals surface area (Å²) in [6.45, 7) is 1.96. The summed E-state index contributed by atoms with van der Waals surface area (Å²) in [5, 5.41) is 8.89.